The van der Waals surface area contributed by atoms with Crippen LogP contribution in [0.2, 0.25) is 0 Å². The van der Waals surface area contributed by atoms with E-state index in [0.29, 0.717) is 4.47 Å². The number of anilines is 1. The monoisotopic (exact) mass is 334 g/mol. The highest BCUT2D eigenvalue weighted by molar-refractivity contribution is 9.10. The van der Waals surface area contributed by atoms with E-state index < -0.39 is 5.97 Å². The van der Waals surface area contributed by atoms with Crippen LogP contribution in [-0.2, 0) is 6.54 Å². The minimum Gasteiger partial charge on any atom is -0.478 e. The predicted octanol–water partition coefficient (Wildman–Crippen LogP) is 3.57. The smallest absolute Gasteiger partial charge is 0.336 e. The van der Waals surface area contributed by atoms with Gasteiger partial charge in [-0.15, -0.1) is 0 Å². The van der Waals surface area contributed by atoms with Crippen LogP contribution in [0.5, 0.6) is 0 Å². The van der Waals surface area contributed by atoms with Gasteiger partial charge in [0.2, 0.25) is 0 Å². The molecule has 2 rings (SSSR count). The minimum atomic E-state index is -0.930. The van der Waals surface area contributed by atoms with Crippen LogP contribution in [0.15, 0.2) is 47.2 Å². The fourth-order valence-corrected chi connectivity index (χ4v) is 2.50. The van der Waals surface area contributed by atoms with Gasteiger partial charge in [-0.05, 0) is 58.7 Å². The van der Waals surface area contributed by atoms with Gasteiger partial charge in [0.15, 0.2) is 0 Å². The maximum Gasteiger partial charge on any atom is 0.336 e. The molecule has 104 valence electrons. The van der Waals surface area contributed by atoms with E-state index in [2.05, 4.69) is 32.7 Å². The van der Waals surface area contributed by atoms with E-state index in [1.165, 1.54) is 5.56 Å². The normalized spacial score (nSPS) is 10.3. The molecule has 1 aromatic carbocycles. The molecule has 0 aliphatic heterocycles. The van der Waals surface area contributed by atoms with Gasteiger partial charge in [-0.25, -0.2) is 4.79 Å². The number of carboxylic acid groups (broad SMARTS) is 1. The van der Waals surface area contributed by atoms with Gasteiger partial charge in [0.25, 0.3) is 0 Å². The first-order valence-corrected chi connectivity index (χ1v) is 7.07. The summed E-state index contributed by atoms with van der Waals surface area (Å²) in [5.41, 5.74) is 2.43. The zero-order chi connectivity index (χ0) is 14.5. The summed E-state index contributed by atoms with van der Waals surface area (Å²) in [5.74, 6) is -0.930. The Hall–Kier alpha value is -1.88. The van der Waals surface area contributed by atoms with E-state index in [1.807, 2.05) is 24.3 Å². The Morgan fingerprint density at radius 1 is 1.30 bits per heavy atom. The maximum atomic E-state index is 11.0. The Kier molecular flexibility index (Phi) is 4.74. The van der Waals surface area contributed by atoms with Crippen LogP contribution in [0.25, 0.3) is 0 Å². The van der Waals surface area contributed by atoms with Crippen molar-refractivity contribution in [3.05, 3.63) is 58.3 Å². The molecule has 0 fully saturated rings. The van der Waals surface area contributed by atoms with Crippen molar-refractivity contribution in [3.63, 3.8) is 0 Å². The predicted molar refractivity (Wildman–Crippen MR) is 82.1 cm³/mol. The second kappa shape index (κ2) is 6.52. The molecule has 0 saturated carbocycles. The van der Waals surface area contributed by atoms with Crippen LogP contribution in [0.1, 0.15) is 22.8 Å². The SMILES string of the molecule is CCN(Cc1ccncc1)c1ccc(C(=O)O)c(Br)c1. The third kappa shape index (κ3) is 3.36. The molecular weight excluding hydrogens is 320 g/mol. The second-order valence-corrected chi connectivity index (χ2v) is 5.19. The lowest BCUT2D eigenvalue weighted by Crippen LogP contribution is -2.22. The van der Waals surface area contributed by atoms with Crippen LogP contribution in [0.4, 0.5) is 5.69 Å². The van der Waals surface area contributed by atoms with Gasteiger partial charge in [0.05, 0.1) is 5.56 Å². The molecule has 1 aromatic heterocycles. The molecule has 0 unspecified atom stereocenters. The molecule has 0 aliphatic rings. The van der Waals surface area contributed by atoms with Crippen molar-refractivity contribution in [1.82, 2.24) is 4.98 Å². The van der Waals surface area contributed by atoms with Crippen LogP contribution in [-0.4, -0.2) is 22.6 Å². The summed E-state index contributed by atoms with van der Waals surface area (Å²) in [6.07, 6.45) is 3.54. The molecule has 4 nitrogen and oxygen atoms in total. The highest BCUT2D eigenvalue weighted by Crippen LogP contribution is 2.25. The standard InChI is InChI=1S/C15H15BrN2O2/c1-2-18(10-11-5-7-17-8-6-11)12-3-4-13(15(19)20)14(16)9-12/h3-9H,2,10H2,1H3,(H,19,20). The van der Waals surface area contributed by atoms with E-state index in [-0.39, 0.29) is 5.56 Å². The number of carboxylic acids is 1. The van der Waals surface area contributed by atoms with Gasteiger partial charge in [0, 0.05) is 35.6 Å². The summed E-state index contributed by atoms with van der Waals surface area (Å²) in [5, 5.41) is 9.04. The summed E-state index contributed by atoms with van der Waals surface area (Å²) in [7, 11) is 0. The van der Waals surface area contributed by atoms with Crippen LogP contribution in [0.3, 0.4) is 0 Å². The van der Waals surface area contributed by atoms with Crippen molar-refractivity contribution in [2.24, 2.45) is 0 Å². The van der Waals surface area contributed by atoms with Crippen LogP contribution >= 0.6 is 15.9 Å². The lowest BCUT2D eigenvalue weighted by Gasteiger charge is -2.23. The van der Waals surface area contributed by atoms with Crippen molar-refractivity contribution in [2.75, 3.05) is 11.4 Å². The third-order valence-corrected chi connectivity index (χ3v) is 3.71. The molecule has 5 heteroatoms. The number of hydrogen-bond donors (Lipinski definition) is 1. The first-order chi connectivity index (χ1) is 9.61. The molecule has 1 heterocycles. The Morgan fingerprint density at radius 3 is 2.55 bits per heavy atom. The van der Waals surface area contributed by atoms with Crippen molar-refractivity contribution >= 4 is 27.6 Å². The number of halogens is 1. The molecule has 0 radical (unpaired) electrons. The van der Waals surface area contributed by atoms with Crippen LogP contribution in [0, 0.1) is 0 Å². The summed E-state index contributed by atoms with van der Waals surface area (Å²) in [6.45, 7) is 3.67. The number of pyridine rings is 1. The number of nitrogens with zero attached hydrogens (tertiary/aromatic N) is 2. The largest absolute Gasteiger partial charge is 0.478 e. The lowest BCUT2D eigenvalue weighted by molar-refractivity contribution is 0.0696. The summed E-state index contributed by atoms with van der Waals surface area (Å²) in [4.78, 5) is 17.2. The van der Waals surface area contributed by atoms with Gasteiger partial charge in [-0.3, -0.25) is 4.98 Å². The molecule has 0 aliphatic carbocycles. The third-order valence-electron chi connectivity index (χ3n) is 3.05. The number of aromatic carboxylic acids is 1. The van der Waals surface area contributed by atoms with Crippen molar-refractivity contribution in [3.8, 4) is 0 Å². The zero-order valence-corrected chi connectivity index (χ0v) is 12.7. The molecule has 0 spiro atoms. The molecule has 0 atom stereocenters. The molecule has 0 saturated heterocycles. The zero-order valence-electron chi connectivity index (χ0n) is 11.1. The minimum absolute atomic E-state index is 0.272. The lowest BCUT2D eigenvalue weighted by atomic mass is 10.1. The first kappa shape index (κ1) is 14.5. The van der Waals surface area contributed by atoms with Crippen molar-refractivity contribution < 1.29 is 9.90 Å². The second-order valence-electron chi connectivity index (χ2n) is 4.34. The van der Waals surface area contributed by atoms with E-state index >= 15 is 0 Å². The summed E-state index contributed by atoms with van der Waals surface area (Å²) >= 11 is 3.31. The number of rotatable bonds is 5. The van der Waals surface area contributed by atoms with Gasteiger partial charge >= 0.3 is 5.97 Å². The number of hydrogen-bond acceptors (Lipinski definition) is 3. The molecule has 0 amide bonds. The van der Waals surface area contributed by atoms with Gasteiger partial charge in [-0.1, -0.05) is 0 Å². The van der Waals surface area contributed by atoms with E-state index in [4.69, 9.17) is 5.11 Å². The number of aromatic nitrogens is 1. The average Bonchev–Trinajstić information content (AvgIpc) is 2.45. The molecule has 2 aromatic rings. The topological polar surface area (TPSA) is 53.4 Å². The Labute approximate surface area is 126 Å². The molecule has 0 bridgehead atoms. The van der Waals surface area contributed by atoms with E-state index in [0.717, 1.165) is 18.8 Å². The van der Waals surface area contributed by atoms with Gasteiger partial charge in [-0.2, -0.15) is 0 Å². The molecule has 1 N–H and O–H groups in total. The Balaban J connectivity index is 2.24. The highest BCUT2D eigenvalue weighted by Gasteiger charge is 2.11. The summed E-state index contributed by atoms with van der Waals surface area (Å²) in [6, 6.07) is 9.25. The molecule has 20 heavy (non-hydrogen) atoms. The van der Waals surface area contributed by atoms with Crippen molar-refractivity contribution in [1.29, 1.82) is 0 Å². The Morgan fingerprint density at radius 2 is 2.00 bits per heavy atom. The van der Waals surface area contributed by atoms with Crippen LogP contribution < -0.4 is 4.90 Å². The van der Waals surface area contributed by atoms with Crippen molar-refractivity contribution in [2.45, 2.75) is 13.5 Å². The van der Waals surface area contributed by atoms with E-state index in [9.17, 15) is 4.79 Å². The maximum absolute atomic E-state index is 11.0. The average molecular weight is 335 g/mol. The first-order valence-electron chi connectivity index (χ1n) is 6.28. The number of carbonyl (C=O) groups is 1. The van der Waals surface area contributed by atoms with E-state index in [1.54, 1.807) is 18.5 Å². The van der Waals surface area contributed by atoms with Gasteiger partial charge < -0.3 is 10.0 Å². The fraction of sp³-hybridized carbons (Fsp3) is 0.200. The molecular formula is C15H15BrN2O2. The number of benzene rings is 1. The summed E-state index contributed by atoms with van der Waals surface area (Å²) < 4.78 is 0.593. The van der Waals surface area contributed by atoms with Gasteiger partial charge in [0.1, 0.15) is 0 Å². The fourth-order valence-electron chi connectivity index (χ4n) is 1.97. The quantitative estimate of drug-likeness (QED) is 0.908. The Bertz CT molecular complexity index is 602. The highest BCUT2D eigenvalue weighted by atomic mass is 79.9.